The number of hydrogen-bond acceptors (Lipinski definition) is 3. The van der Waals surface area contributed by atoms with E-state index in [2.05, 4.69) is 15.3 Å². The molecule has 7 nitrogen and oxygen atoms in total. The van der Waals surface area contributed by atoms with Crippen molar-refractivity contribution < 1.29 is 9.59 Å². The number of primary amides is 1. The van der Waals surface area contributed by atoms with Crippen LogP contribution in [-0.2, 0) is 0 Å². The molecule has 5 N–H and O–H groups in total. The van der Waals surface area contributed by atoms with Crippen molar-refractivity contribution in [3.05, 3.63) is 64.1 Å². The number of carbonyl (C=O) groups is 2. The number of amides is 2. The van der Waals surface area contributed by atoms with Gasteiger partial charge in [-0.2, -0.15) is 0 Å². The molecule has 0 bridgehead atoms. The van der Waals surface area contributed by atoms with E-state index >= 15 is 0 Å². The minimum absolute atomic E-state index is 0.229. The lowest BCUT2D eigenvalue weighted by Gasteiger charge is -2.08. The first kappa shape index (κ1) is 13.6. The zero-order valence-corrected chi connectivity index (χ0v) is 11.3. The summed E-state index contributed by atoms with van der Waals surface area (Å²) in [6.07, 6.45) is 0. The lowest BCUT2D eigenvalue weighted by Crippen LogP contribution is -2.18. The molecule has 0 aliphatic rings. The van der Waals surface area contributed by atoms with Gasteiger partial charge in [0.05, 0.1) is 22.3 Å². The largest absolute Gasteiger partial charge is 0.366 e. The molecule has 0 saturated heterocycles. The Morgan fingerprint density at radius 2 is 1.73 bits per heavy atom. The molecule has 1 aromatic heterocycles. The van der Waals surface area contributed by atoms with E-state index < -0.39 is 11.8 Å². The number of nitrogens with one attached hydrogen (secondary N) is 3. The molecular formula is C15H12N4O3. The second-order valence-corrected chi connectivity index (χ2v) is 4.70. The zero-order valence-electron chi connectivity index (χ0n) is 11.3. The minimum Gasteiger partial charge on any atom is -0.366 e. The number of nitrogens with two attached hydrogens (primary N) is 1. The van der Waals surface area contributed by atoms with Crippen molar-refractivity contribution in [1.29, 1.82) is 0 Å². The quantitative estimate of drug-likeness (QED) is 0.581. The van der Waals surface area contributed by atoms with E-state index in [-0.39, 0.29) is 11.3 Å². The van der Waals surface area contributed by atoms with Gasteiger partial charge in [-0.05, 0) is 30.3 Å². The number of imidazole rings is 1. The normalized spacial score (nSPS) is 10.5. The fraction of sp³-hybridized carbons (Fsp3) is 0. The van der Waals surface area contributed by atoms with Crippen molar-refractivity contribution in [2.75, 3.05) is 5.32 Å². The molecule has 0 aliphatic carbocycles. The van der Waals surface area contributed by atoms with E-state index in [1.54, 1.807) is 36.4 Å². The molecule has 2 amide bonds. The van der Waals surface area contributed by atoms with Crippen LogP contribution in [0.1, 0.15) is 20.7 Å². The summed E-state index contributed by atoms with van der Waals surface area (Å²) in [6.45, 7) is 0. The second-order valence-electron chi connectivity index (χ2n) is 4.70. The average Bonchev–Trinajstić information content (AvgIpc) is 2.86. The molecule has 1 heterocycles. The van der Waals surface area contributed by atoms with Crippen molar-refractivity contribution in [2.24, 2.45) is 5.73 Å². The van der Waals surface area contributed by atoms with Crippen LogP contribution in [0.25, 0.3) is 11.0 Å². The third kappa shape index (κ3) is 2.47. The molecule has 0 fully saturated rings. The highest BCUT2D eigenvalue weighted by Crippen LogP contribution is 2.17. The van der Waals surface area contributed by atoms with Crippen LogP contribution in [0.2, 0.25) is 0 Å². The standard InChI is InChI=1S/C15H12N4O3/c16-13(20)9-3-1-2-4-10(9)17-14(21)8-5-6-11-12(7-8)19-15(22)18-11/h1-7H,(H2,16,20)(H,17,21)(H2,18,19,22). The van der Waals surface area contributed by atoms with Crippen molar-refractivity contribution in [2.45, 2.75) is 0 Å². The molecule has 7 heteroatoms. The van der Waals surface area contributed by atoms with E-state index in [1.165, 1.54) is 6.07 Å². The van der Waals surface area contributed by atoms with Crippen molar-refractivity contribution in [3.8, 4) is 0 Å². The van der Waals surface area contributed by atoms with E-state index in [4.69, 9.17) is 5.73 Å². The lowest BCUT2D eigenvalue weighted by atomic mass is 10.1. The maximum Gasteiger partial charge on any atom is 0.323 e. The minimum atomic E-state index is -0.624. The highest BCUT2D eigenvalue weighted by Gasteiger charge is 2.12. The van der Waals surface area contributed by atoms with Crippen molar-refractivity contribution >= 4 is 28.5 Å². The maximum absolute atomic E-state index is 12.3. The summed E-state index contributed by atoms with van der Waals surface area (Å²) in [5, 5.41) is 2.64. The zero-order chi connectivity index (χ0) is 15.7. The fourth-order valence-electron chi connectivity index (χ4n) is 2.18. The molecule has 0 radical (unpaired) electrons. The highest BCUT2D eigenvalue weighted by molar-refractivity contribution is 6.09. The van der Waals surface area contributed by atoms with Crippen LogP contribution in [0.4, 0.5) is 5.69 Å². The Kier molecular flexibility index (Phi) is 3.23. The predicted molar refractivity (Wildman–Crippen MR) is 81.8 cm³/mol. The van der Waals surface area contributed by atoms with Crippen LogP contribution < -0.4 is 16.7 Å². The molecule has 0 spiro atoms. The fourth-order valence-corrected chi connectivity index (χ4v) is 2.18. The lowest BCUT2D eigenvalue weighted by molar-refractivity contribution is 0.100. The molecule has 2 aromatic carbocycles. The van der Waals surface area contributed by atoms with E-state index in [0.717, 1.165) is 0 Å². The van der Waals surface area contributed by atoms with Crippen LogP contribution in [0.15, 0.2) is 47.3 Å². The first-order valence-electron chi connectivity index (χ1n) is 6.47. The van der Waals surface area contributed by atoms with Crippen LogP contribution >= 0.6 is 0 Å². The second kappa shape index (κ2) is 5.21. The summed E-state index contributed by atoms with van der Waals surface area (Å²) in [6, 6.07) is 11.2. The third-order valence-electron chi connectivity index (χ3n) is 3.22. The van der Waals surface area contributed by atoms with Crippen molar-refractivity contribution in [3.63, 3.8) is 0 Å². The SMILES string of the molecule is NC(=O)c1ccccc1NC(=O)c1ccc2[nH]c(=O)[nH]c2c1. The van der Waals surface area contributed by atoms with Gasteiger partial charge in [-0.15, -0.1) is 0 Å². The molecule has 0 saturated carbocycles. The summed E-state index contributed by atoms with van der Waals surface area (Å²) >= 11 is 0. The number of carbonyl (C=O) groups excluding carboxylic acids is 2. The number of benzene rings is 2. The number of aromatic nitrogens is 2. The van der Waals surface area contributed by atoms with Crippen LogP contribution in [0.5, 0.6) is 0 Å². The number of fused-ring (bicyclic) bond motifs is 1. The number of rotatable bonds is 3. The Morgan fingerprint density at radius 3 is 2.50 bits per heavy atom. The van der Waals surface area contributed by atoms with Crippen LogP contribution in [0, 0.1) is 0 Å². The van der Waals surface area contributed by atoms with Gasteiger partial charge in [0.25, 0.3) is 11.8 Å². The molecule has 22 heavy (non-hydrogen) atoms. The summed E-state index contributed by atoms with van der Waals surface area (Å²) in [4.78, 5) is 40.0. The molecular weight excluding hydrogens is 284 g/mol. The van der Waals surface area contributed by atoms with Crippen LogP contribution in [-0.4, -0.2) is 21.8 Å². The van der Waals surface area contributed by atoms with Gasteiger partial charge in [-0.3, -0.25) is 9.59 Å². The van der Waals surface area contributed by atoms with Crippen molar-refractivity contribution in [1.82, 2.24) is 9.97 Å². The summed E-state index contributed by atoms with van der Waals surface area (Å²) < 4.78 is 0. The summed E-state index contributed by atoms with van der Waals surface area (Å²) in [5.74, 6) is -1.03. The molecule has 0 atom stereocenters. The van der Waals surface area contributed by atoms with Gasteiger partial charge >= 0.3 is 5.69 Å². The van der Waals surface area contributed by atoms with E-state index in [9.17, 15) is 14.4 Å². The number of H-pyrrole nitrogens is 2. The maximum atomic E-state index is 12.3. The molecule has 3 rings (SSSR count). The Labute approximate surface area is 124 Å². The first-order chi connectivity index (χ1) is 10.5. The van der Waals surface area contributed by atoms with Gasteiger partial charge in [-0.25, -0.2) is 4.79 Å². The van der Waals surface area contributed by atoms with Gasteiger partial charge < -0.3 is 21.0 Å². The third-order valence-corrected chi connectivity index (χ3v) is 3.22. The highest BCUT2D eigenvalue weighted by atomic mass is 16.2. The Hall–Kier alpha value is -3.35. The predicted octanol–water partition coefficient (Wildman–Crippen LogP) is 1.21. The van der Waals surface area contributed by atoms with Gasteiger partial charge in [0.15, 0.2) is 0 Å². The molecule has 3 aromatic rings. The molecule has 110 valence electrons. The van der Waals surface area contributed by atoms with Gasteiger partial charge in [0.1, 0.15) is 0 Å². The first-order valence-corrected chi connectivity index (χ1v) is 6.47. The summed E-state index contributed by atoms with van der Waals surface area (Å²) in [5.41, 5.74) is 6.98. The Morgan fingerprint density at radius 1 is 1.00 bits per heavy atom. The summed E-state index contributed by atoms with van der Waals surface area (Å²) in [7, 11) is 0. The Balaban J connectivity index is 1.93. The van der Waals surface area contributed by atoms with Gasteiger partial charge in [0, 0.05) is 5.56 Å². The number of hydrogen-bond donors (Lipinski definition) is 4. The van der Waals surface area contributed by atoms with E-state index in [1.807, 2.05) is 0 Å². The molecule has 0 unspecified atom stereocenters. The van der Waals surface area contributed by atoms with E-state index in [0.29, 0.717) is 22.3 Å². The number of para-hydroxylation sites is 1. The van der Waals surface area contributed by atoms with Crippen LogP contribution in [0.3, 0.4) is 0 Å². The smallest absolute Gasteiger partial charge is 0.323 e. The topological polar surface area (TPSA) is 121 Å². The number of anilines is 1. The Bertz CT molecular complexity index is 939. The average molecular weight is 296 g/mol. The van der Waals surface area contributed by atoms with Gasteiger partial charge in [0.2, 0.25) is 0 Å². The van der Waals surface area contributed by atoms with Gasteiger partial charge in [-0.1, -0.05) is 12.1 Å². The molecule has 0 aliphatic heterocycles. The number of aromatic amines is 2. The monoisotopic (exact) mass is 296 g/mol.